The summed E-state index contributed by atoms with van der Waals surface area (Å²) in [6, 6.07) is 7.47. The normalized spacial score (nSPS) is 17.6. The topological polar surface area (TPSA) is 59.4 Å². The summed E-state index contributed by atoms with van der Waals surface area (Å²) in [4.78, 5) is 14.0. The maximum Gasteiger partial charge on any atom is 0.573 e. The van der Waals surface area contributed by atoms with E-state index in [4.69, 9.17) is 0 Å². The van der Waals surface area contributed by atoms with E-state index in [2.05, 4.69) is 15.2 Å². The van der Waals surface area contributed by atoms with Gasteiger partial charge in [0.1, 0.15) is 11.4 Å². The molecule has 2 heterocycles. The second kappa shape index (κ2) is 7.99. The number of alkyl halides is 3. The maximum absolute atomic E-state index is 12.6. The molecule has 1 aliphatic rings. The summed E-state index contributed by atoms with van der Waals surface area (Å²) >= 11 is 0. The van der Waals surface area contributed by atoms with Gasteiger partial charge in [-0.05, 0) is 43.1 Å². The first-order valence-electron chi connectivity index (χ1n) is 8.68. The van der Waals surface area contributed by atoms with Crippen LogP contribution >= 0.6 is 0 Å². The van der Waals surface area contributed by atoms with Gasteiger partial charge in [0.2, 0.25) is 0 Å². The standard InChI is InChI=1S/C18H21F3N4O2/c1-24(12-13-4-2-6-15(10-13)27-18(19,20)21)17(26)16-7-9-25(23-16)14-5-3-8-22-11-14/h2,4,6-7,9-10,14,22H,3,5,8,11-12H2,1H3. The van der Waals surface area contributed by atoms with Crippen molar-refractivity contribution in [2.75, 3.05) is 20.1 Å². The van der Waals surface area contributed by atoms with Crippen LogP contribution in [0.5, 0.6) is 5.75 Å². The molecule has 1 amide bonds. The zero-order valence-electron chi connectivity index (χ0n) is 14.9. The lowest BCUT2D eigenvalue weighted by Crippen LogP contribution is -2.32. The Kier molecular flexibility index (Phi) is 5.69. The number of carbonyl (C=O) groups excluding carboxylic acids is 1. The predicted octanol–water partition coefficient (Wildman–Crippen LogP) is 2.98. The maximum atomic E-state index is 12.6. The Hall–Kier alpha value is -2.55. The molecule has 1 fully saturated rings. The van der Waals surface area contributed by atoms with Gasteiger partial charge in [-0.2, -0.15) is 5.10 Å². The SMILES string of the molecule is CN(Cc1cccc(OC(F)(F)F)c1)C(=O)c1ccn(C2CCCNC2)n1. The van der Waals surface area contributed by atoms with Crippen molar-refractivity contribution >= 4 is 5.91 Å². The molecule has 0 aliphatic carbocycles. The van der Waals surface area contributed by atoms with Crippen molar-refractivity contribution in [1.29, 1.82) is 0 Å². The lowest BCUT2D eigenvalue weighted by molar-refractivity contribution is -0.274. The predicted molar refractivity (Wildman–Crippen MR) is 92.3 cm³/mol. The lowest BCUT2D eigenvalue weighted by atomic mass is 10.1. The number of aromatic nitrogens is 2. The number of rotatable bonds is 5. The van der Waals surface area contributed by atoms with E-state index in [9.17, 15) is 18.0 Å². The van der Waals surface area contributed by atoms with Crippen molar-refractivity contribution in [3.8, 4) is 5.75 Å². The van der Waals surface area contributed by atoms with Gasteiger partial charge in [0.15, 0.2) is 0 Å². The third-order valence-corrected chi connectivity index (χ3v) is 4.37. The minimum Gasteiger partial charge on any atom is -0.406 e. The Labute approximate surface area is 154 Å². The highest BCUT2D eigenvalue weighted by atomic mass is 19.4. The van der Waals surface area contributed by atoms with Crippen LogP contribution in [0.4, 0.5) is 13.2 Å². The van der Waals surface area contributed by atoms with Crippen LogP contribution in [0, 0.1) is 0 Å². The Morgan fingerprint density at radius 3 is 2.93 bits per heavy atom. The number of hydrogen-bond donors (Lipinski definition) is 1. The first-order chi connectivity index (χ1) is 12.8. The molecule has 1 aromatic carbocycles. The molecule has 3 rings (SSSR count). The number of halogens is 3. The van der Waals surface area contributed by atoms with E-state index in [0.29, 0.717) is 11.3 Å². The van der Waals surface area contributed by atoms with E-state index < -0.39 is 6.36 Å². The number of benzene rings is 1. The van der Waals surface area contributed by atoms with Gasteiger partial charge in [-0.25, -0.2) is 0 Å². The summed E-state index contributed by atoms with van der Waals surface area (Å²) in [7, 11) is 1.58. The smallest absolute Gasteiger partial charge is 0.406 e. The Morgan fingerprint density at radius 1 is 1.41 bits per heavy atom. The van der Waals surface area contributed by atoms with E-state index in [0.717, 1.165) is 25.9 Å². The molecular formula is C18H21F3N4O2. The van der Waals surface area contributed by atoms with Crippen LogP contribution in [0.25, 0.3) is 0 Å². The molecule has 2 aromatic rings. The average molecular weight is 382 g/mol. The molecule has 146 valence electrons. The minimum absolute atomic E-state index is 0.145. The lowest BCUT2D eigenvalue weighted by Gasteiger charge is -2.23. The number of ether oxygens (including phenoxy) is 1. The van der Waals surface area contributed by atoms with Gasteiger partial charge in [-0.15, -0.1) is 13.2 Å². The molecule has 1 atom stereocenters. The molecular weight excluding hydrogens is 361 g/mol. The first-order valence-corrected chi connectivity index (χ1v) is 8.68. The highest BCUT2D eigenvalue weighted by Crippen LogP contribution is 2.24. The van der Waals surface area contributed by atoms with Gasteiger partial charge in [0, 0.05) is 26.3 Å². The largest absolute Gasteiger partial charge is 0.573 e. The summed E-state index contributed by atoms with van der Waals surface area (Å²) in [6.45, 7) is 1.95. The molecule has 1 N–H and O–H groups in total. The molecule has 0 bridgehead atoms. The average Bonchev–Trinajstić information content (AvgIpc) is 3.10. The molecule has 27 heavy (non-hydrogen) atoms. The van der Waals surface area contributed by atoms with E-state index in [1.54, 1.807) is 30.1 Å². The van der Waals surface area contributed by atoms with Crippen molar-refractivity contribution in [2.24, 2.45) is 0 Å². The minimum atomic E-state index is -4.75. The summed E-state index contributed by atoms with van der Waals surface area (Å²) in [5.74, 6) is -0.602. The summed E-state index contributed by atoms with van der Waals surface area (Å²) in [6.07, 6.45) is -0.897. The molecule has 0 spiro atoms. The van der Waals surface area contributed by atoms with Crippen molar-refractivity contribution < 1.29 is 22.7 Å². The van der Waals surface area contributed by atoms with Crippen molar-refractivity contribution in [3.05, 3.63) is 47.8 Å². The molecule has 1 aliphatic heterocycles. The number of hydrogen-bond acceptors (Lipinski definition) is 4. The molecule has 1 aromatic heterocycles. The molecule has 6 nitrogen and oxygen atoms in total. The van der Waals surface area contributed by atoms with Crippen LogP contribution in [0.3, 0.4) is 0 Å². The third-order valence-electron chi connectivity index (χ3n) is 4.37. The fraction of sp³-hybridized carbons (Fsp3) is 0.444. The van der Waals surface area contributed by atoms with Gasteiger partial charge in [0.05, 0.1) is 6.04 Å². The molecule has 9 heteroatoms. The van der Waals surface area contributed by atoms with Crippen molar-refractivity contribution in [1.82, 2.24) is 20.0 Å². The molecule has 0 radical (unpaired) electrons. The fourth-order valence-corrected chi connectivity index (χ4v) is 3.10. The Bertz CT molecular complexity index is 785. The monoisotopic (exact) mass is 382 g/mol. The van der Waals surface area contributed by atoms with Crippen molar-refractivity contribution in [2.45, 2.75) is 31.8 Å². The van der Waals surface area contributed by atoms with Crippen LogP contribution in [0.2, 0.25) is 0 Å². The number of nitrogens with one attached hydrogen (secondary N) is 1. The van der Waals surface area contributed by atoms with E-state index >= 15 is 0 Å². The first kappa shape index (κ1) is 19.2. The number of piperidine rings is 1. The summed E-state index contributed by atoms with van der Waals surface area (Å²) in [5.41, 5.74) is 0.842. The summed E-state index contributed by atoms with van der Waals surface area (Å²) in [5, 5.41) is 7.68. The number of amides is 1. The van der Waals surface area contributed by atoms with E-state index in [1.165, 1.54) is 23.1 Å². The highest BCUT2D eigenvalue weighted by Gasteiger charge is 2.31. The Morgan fingerprint density at radius 2 is 2.22 bits per heavy atom. The van der Waals surface area contributed by atoms with Crippen LogP contribution < -0.4 is 10.1 Å². The Balaban J connectivity index is 1.64. The second-order valence-corrected chi connectivity index (χ2v) is 6.54. The molecule has 1 saturated heterocycles. The number of carbonyl (C=O) groups is 1. The van der Waals surface area contributed by atoms with Crippen molar-refractivity contribution in [3.63, 3.8) is 0 Å². The van der Waals surface area contributed by atoms with E-state index in [-0.39, 0.29) is 24.2 Å². The zero-order chi connectivity index (χ0) is 19.4. The van der Waals surface area contributed by atoms with Crippen LogP contribution in [-0.4, -0.2) is 47.1 Å². The molecule has 1 unspecified atom stereocenters. The highest BCUT2D eigenvalue weighted by molar-refractivity contribution is 5.92. The van der Waals surface area contributed by atoms with Crippen LogP contribution in [0.1, 0.15) is 34.9 Å². The summed E-state index contributed by atoms with van der Waals surface area (Å²) < 4.78 is 42.7. The van der Waals surface area contributed by atoms with Gasteiger partial charge in [0.25, 0.3) is 5.91 Å². The molecule has 0 saturated carbocycles. The quantitative estimate of drug-likeness (QED) is 0.864. The van der Waals surface area contributed by atoms with Gasteiger partial charge in [-0.1, -0.05) is 12.1 Å². The fourth-order valence-electron chi connectivity index (χ4n) is 3.10. The van der Waals surface area contributed by atoms with E-state index in [1.807, 2.05) is 0 Å². The number of nitrogens with zero attached hydrogens (tertiary/aromatic N) is 3. The van der Waals surface area contributed by atoms with Crippen LogP contribution in [0.15, 0.2) is 36.5 Å². The zero-order valence-corrected chi connectivity index (χ0v) is 14.9. The van der Waals surface area contributed by atoms with Crippen LogP contribution in [-0.2, 0) is 6.54 Å². The third kappa shape index (κ3) is 5.22. The van der Waals surface area contributed by atoms with Gasteiger partial charge >= 0.3 is 6.36 Å². The second-order valence-electron chi connectivity index (χ2n) is 6.54. The van der Waals surface area contributed by atoms with Gasteiger partial charge in [-0.3, -0.25) is 9.48 Å². The van der Waals surface area contributed by atoms with Gasteiger partial charge < -0.3 is 15.0 Å².